The second kappa shape index (κ2) is 9.85. The highest BCUT2D eigenvalue weighted by atomic mass is 32.2. The molecule has 0 saturated heterocycles. The quantitative estimate of drug-likeness (QED) is 0.666. The molecule has 0 bridgehead atoms. The summed E-state index contributed by atoms with van der Waals surface area (Å²) in [4.78, 5) is 0.983. The van der Waals surface area contributed by atoms with Crippen LogP contribution in [0.3, 0.4) is 0 Å². The average Bonchev–Trinajstić information content (AvgIpc) is 2.71. The Morgan fingerprint density at radius 1 is 0.714 bits per heavy atom. The lowest BCUT2D eigenvalue weighted by Gasteiger charge is -2.09. The first-order chi connectivity index (χ1) is 13.3. The molecule has 0 amide bonds. The van der Waals surface area contributed by atoms with E-state index < -0.39 is 20.0 Å². The molecule has 2 aromatic carbocycles. The van der Waals surface area contributed by atoms with Gasteiger partial charge in [-0.15, -0.1) is 0 Å². The minimum atomic E-state index is -2.98. The molecule has 8 heteroatoms. The fourth-order valence-electron chi connectivity index (χ4n) is 2.19. The Morgan fingerprint density at radius 3 is 1.32 bits per heavy atom. The van der Waals surface area contributed by atoms with Gasteiger partial charge in [0.2, 0.25) is 0 Å². The molecule has 0 spiro atoms. The van der Waals surface area contributed by atoms with Crippen LogP contribution < -0.4 is 0 Å². The smallest absolute Gasteiger partial charge is 0.194 e. The fraction of sp³-hybridized carbons (Fsp3) is 0.300. The van der Waals surface area contributed by atoms with Crippen LogP contribution in [0.1, 0.15) is 11.1 Å². The first kappa shape index (κ1) is 22.1. The van der Waals surface area contributed by atoms with Crippen molar-refractivity contribution in [1.82, 2.24) is 0 Å². The van der Waals surface area contributed by atoms with Crippen molar-refractivity contribution in [3.63, 3.8) is 0 Å². The fourth-order valence-corrected chi connectivity index (χ4v) is 4.50. The molecule has 2 aromatic rings. The topological polar surface area (TPSA) is 77.3 Å². The van der Waals surface area contributed by atoms with Gasteiger partial charge in [0.05, 0.1) is 9.79 Å². The SMILES string of the molecule is CN=S(=O)(OCC#CCOS(=O)(=NC)c1ccc(C)cc1)c1ccc(C)cc1. The van der Waals surface area contributed by atoms with Gasteiger partial charge in [-0.25, -0.2) is 17.1 Å². The summed E-state index contributed by atoms with van der Waals surface area (Å²) in [6.45, 7) is 3.70. The van der Waals surface area contributed by atoms with E-state index in [2.05, 4.69) is 20.6 Å². The van der Waals surface area contributed by atoms with Crippen LogP contribution in [0.2, 0.25) is 0 Å². The summed E-state index contributed by atoms with van der Waals surface area (Å²) >= 11 is 0. The highest BCUT2D eigenvalue weighted by molar-refractivity contribution is 7.89. The number of hydrogen-bond acceptors (Lipinski definition) is 6. The van der Waals surface area contributed by atoms with Gasteiger partial charge in [0.25, 0.3) is 0 Å². The summed E-state index contributed by atoms with van der Waals surface area (Å²) in [6.07, 6.45) is 0. The summed E-state index contributed by atoms with van der Waals surface area (Å²) in [6, 6.07) is 14.3. The molecule has 150 valence electrons. The molecule has 0 N–H and O–H groups in total. The van der Waals surface area contributed by atoms with E-state index in [4.69, 9.17) is 8.37 Å². The lowest BCUT2D eigenvalue weighted by Crippen LogP contribution is -2.08. The molecule has 0 aliphatic rings. The molecular weight excluding hydrogens is 396 g/mol. The van der Waals surface area contributed by atoms with E-state index in [1.54, 1.807) is 24.3 Å². The van der Waals surface area contributed by atoms with Crippen molar-refractivity contribution in [1.29, 1.82) is 0 Å². The predicted molar refractivity (Wildman–Crippen MR) is 112 cm³/mol. The van der Waals surface area contributed by atoms with E-state index in [0.717, 1.165) is 11.1 Å². The largest absolute Gasteiger partial charge is 0.268 e. The summed E-state index contributed by atoms with van der Waals surface area (Å²) < 4.78 is 44.1. The van der Waals surface area contributed by atoms with Crippen molar-refractivity contribution in [2.75, 3.05) is 27.3 Å². The van der Waals surface area contributed by atoms with Crippen molar-refractivity contribution in [3.05, 3.63) is 59.7 Å². The first-order valence-electron chi connectivity index (χ1n) is 8.51. The molecule has 28 heavy (non-hydrogen) atoms. The van der Waals surface area contributed by atoms with Gasteiger partial charge < -0.3 is 0 Å². The highest BCUT2D eigenvalue weighted by Crippen LogP contribution is 2.16. The lowest BCUT2D eigenvalue weighted by molar-refractivity contribution is 0.385. The average molecular weight is 421 g/mol. The van der Waals surface area contributed by atoms with Crippen molar-refractivity contribution in [2.45, 2.75) is 23.6 Å². The van der Waals surface area contributed by atoms with E-state index >= 15 is 0 Å². The number of aryl methyl sites for hydroxylation is 2. The molecule has 0 heterocycles. The van der Waals surface area contributed by atoms with E-state index in [1.165, 1.54) is 14.1 Å². The lowest BCUT2D eigenvalue weighted by atomic mass is 10.2. The van der Waals surface area contributed by atoms with Crippen LogP contribution in [0, 0.1) is 25.7 Å². The number of nitrogens with zero attached hydrogens (tertiary/aromatic N) is 2. The maximum absolute atomic E-state index is 12.8. The van der Waals surface area contributed by atoms with Crippen molar-refractivity contribution in [3.8, 4) is 11.8 Å². The van der Waals surface area contributed by atoms with Crippen molar-refractivity contribution >= 4 is 20.0 Å². The van der Waals surface area contributed by atoms with Gasteiger partial charge in [-0.2, -0.15) is 0 Å². The van der Waals surface area contributed by atoms with Crippen LogP contribution in [0.15, 0.2) is 67.0 Å². The molecule has 2 unspecified atom stereocenters. The zero-order chi connectivity index (χ0) is 20.6. The number of hydrogen-bond donors (Lipinski definition) is 0. The Balaban J connectivity index is 1.97. The van der Waals surface area contributed by atoms with E-state index in [0.29, 0.717) is 9.79 Å². The summed E-state index contributed by atoms with van der Waals surface area (Å²) in [5.41, 5.74) is 2.11. The van der Waals surface area contributed by atoms with Crippen LogP contribution in [0.5, 0.6) is 0 Å². The van der Waals surface area contributed by atoms with Gasteiger partial charge in [-0.05, 0) is 38.1 Å². The molecule has 0 fully saturated rings. The van der Waals surface area contributed by atoms with Gasteiger partial charge in [-0.3, -0.25) is 8.37 Å². The third-order valence-corrected chi connectivity index (χ3v) is 7.40. The Hall–Kier alpha value is -2.18. The predicted octanol–water partition coefficient (Wildman–Crippen LogP) is 3.78. The monoisotopic (exact) mass is 420 g/mol. The molecule has 0 saturated carbocycles. The maximum Gasteiger partial charge on any atom is 0.194 e. The minimum absolute atomic E-state index is 0.0948. The van der Waals surface area contributed by atoms with Crippen LogP contribution in [0.25, 0.3) is 0 Å². The molecular formula is C20H24N2O4S2. The summed E-state index contributed by atoms with van der Waals surface area (Å²) in [5, 5.41) is 0. The highest BCUT2D eigenvalue weighted by Gasteiger charge is 2.12. The Kier molecular flexibility index (Phi) is 7.78. The minimum Gasteiger partial charge on any atom is -0.268 e. The summed E-state index contributed by atoms with van der Waals surface area (Å²) in [5.74, 6) is 5.42. The summed E-state index contributed by atoms with van der Waals surface area (Å²) in [7, 11) is -3.08. The molecule has 2 atom stereocenters. The molecule has 0 aromatic heterocycles. The van der Waals surface area contributed by atoms with Crippen LogP contribution in [-0.4, -0.2) is 35.7 Å². The van der Waals surface area contributed by atoms with Gasteiger partial charge in [0.15, 0.2) is 20.0 Å². The Labute approximate surface area is 168 Å². The first-order valence-corrected chi connectivity index (χ1v) is 11.4. The number of benzene rings is 2. The zero-order valence-corrected chi connectivity index (χ0v) is 18.0. The molecule has 6 nitrogen and oxygen atoms in total. The third kappa shape index (κ3) is 5.66. The molecule has 0 aliphatic carbocycles. The van der Waals surface area contributed by atoms with Gasteiger partial charge in [0.1, 0.15) is 13.2 Å². The molecule has 2 rings (SSSR count). The Morgan fingerprint density at radius 2 is 1.04 bits per heavy atom. The standard InChI is InChI=1S/C20H24N2O4S2/c1-17-7-11-19(12-8-17)27(23,21-3)25-15-5-6-16-26-28(24,22-4)20-13-9-18(2)10-14-20/h7-14H,15-16H2,1-4H3. The van der Waals surface area contributed by atoms with Crippen LogP contribution in [0.4, 0.5) is 0 Å². The van der Waals surface area contributed by atoms with Crippen LogP contribution >= 0.6 is 0 Å². The van der Waals surface area contributed by atoms with Gasteiger partial charge in [0, 0.05) is 14.1 Å². The maximum atomic E-state index is 12.8. The second-order valence-corrected chi connectivity index (χ2v) is 9.86. The second-order valence-electron chi connectivity index (χ2n) is 5.82. The molecule has 0 radical (unpaired) electrons. The van der Waals surface area contributed by atoms with Crippen molar-refractivity contribution in [2.24, 2.45) is 8.73 Å². The van der Waals surface area contributed by atoms with Gasteiger partial charge in [-0.1, -0.05) is 47.2 Å². The third-order valence-electron chi connectivity index (χ3n) is 3.83. The molecule has 0 aliphatic heterocycles. The van der Waals surface area contributed by atoms with E-state index in [9.17, 15) is 8.42 Å². The van der Waals surface area contributed by atoms with Crippen LogP contribution in [-0.2, 0) is 28.4 Å². The van der Waals surface area contributed by atoms with Gasteiger partial charge >= 0.3 is 0 Å². The van der Waals surface area contributed by atoms with Crippen molar-refractivity contribution < 1.29 is 16.8 Å². The Bertz CT molecular complexity index is 1010. The van der Waals surface area contributed by atoms with E-state index in [-0.39, 0.29) is 13.2 Å². The zero-order valence-electron chi connectivity index (χ0n) is 16.4. The normalized spacial score (nSPS) is 14.9. The van der Waals surface area contributed by atoms with E-state index in [1.807, 2.05) is 38.1 Å². The number of rotatable bonds is 6.